The van der Waals surface area contributed by atoms with E-state index in [0.29, 0.717) is 0 Å². The van der Waals surface area contributed by atoms with Crippen molar-refractivity contribution in [2.45, 2.75) is 13.0 Å². The Morgan fingerprint density at radius 3 is 2.56 bits per heavy atom. The first kappa shape index (κ1) is 12.9. The first-order valence-electron chi connectivity index (χ1n) is 5.50. The highest BCUT2D eigenvalue weighted by atomic mass is 16.3. The molecule has 0 radical (unpaired) electrons. The Bertz CT molecular complexity index is 326. The van der Waals surface area contributed by atoms with Crippen LogP contribution < -0.4 is 4.90 Å². The van der Waals surface area contributed by atoms with Gasteiger partial charge in [-0.3, -0.25) is 0 Å². The first-order chi connectivity index (χ1) is 7.50. The number of likely N-dealkylation sites (N-methyl/N-ethyl adjacent to an activating group) is 2. The Hall–Kier alpha value is -1.13. The Morgan fingerprint density at radius 1 is 1.31 bits per heavy atom. The molecule has 0 saturated carbocycles. The zero-order valence-electron chi connectivity index (χ0n) is 10.5. The van der Waals surface area contributed by atoms with Crippen molar-refractivity contribution in [1.29, 1.82) is 0 Å². The molecule has 1 aromatic heterocycles. The molecular formula is C12H21N3O. The summed E-state index contributed by atoms with van der Waals surface area (Å²) in [5.41, 5.74) is 0.904. The van der Waals surface area contributed by atoms with E-state index in [1.807, 2.05) is 33.3 Å². The van der Waals surface area contributed by atoms with Crippen molar-refractivity contribution in [2.75, 3.05) is 39.1 Å². The van der Waals surface area contributed by atoms with Crippen LogP contribution in [0.3, 0.4) is 0 Å². The van der Waals surface area contributed by atoms with E-state index in [4.69, 9.17) is 0 Å². The molecular weight excluding hydrogens is 202 g/mol. The molecule has 0 aliphatic rings. The van der Waals surface area contributed by atoms with Crippen molar-refractivity contribution in [3.05, 3.63) is 23.9 Å². The Morgan fingerprint density at radius 2 is 2.00 bits per heavy atom. The Balaban J connectivity index is 2.68. The van der Waals surface area contributed by atoms with Gasteiger partial charge in [0.1, 0.15) is 5.82 Å². The standard InChI is InChI=1S/C12H21N3O/c1-10(16)11-5-6-13-12(9-11)15(4)8-7-14(2)3/h5-6,9-10,16H,7-8H2,1-4H3. The summed E-state index contributed by atoms with van der Waals surface area (Å²) in [7, 11) is 6.11. The van der Waals surface area contributed by atoms with Gasteiger partial charge < -0.3 is 14.9 Å². The number of rotatable bonds is 5. The fourth-order valence-electron chi connectivity index (χ4n) is 1.37. The molecule has 0 fully saturated rings. The second-order valence-corrected chi connectivity index (χ2v) is 4.35. The van der Waals surface area contributed by atoms with Gasteiger partial charge in [-0.2, -0.15) is 0 Å². The number of hydrogen-bond acceptors (Lipinski definition) is 4. The van der Waals surface area contributed by atoms with Crippen molar-refractivity contribution in [3.8, 4) is 0 Å². The van der Waals surface area contributed by atoms with E-state index in [9.17, 15) is 5.11 Å². The molecule has 0 amide bonds. The van der Waals surface area contributed by atoms with Crippen LogP contribution in [0, 0.1) is 0 Å². The van der Waals surface area contributed by atoms with Crippen LogP contribution in [0.2, 0.25) is 0 Å². The molecule has 4 nitrogen and oxygen atoms in total. The molecule has 1 unspecified atom stereocenters. The van der Waals surface area contributed by atoms with Crippen LogP contribution in [0.4, 0.5) is 5.82 Å². The smallest absolute Gasteiger partial charge is 0.128 e. The van der Waals surface area contributed by atoms with Crippen LogP contribution in [-0.2, 0) is 0 Å². The van der Waals surface area contributed by atoms with Crippen LogP contribution in [-0.4, -0.2) is 49.2 Å². The summed E-state index contributed by atoms with van der Waals surface area (Å²) in [5, 5.41) is 9.49. The molecule has 0 aliphatic heterocycles. The lowest BCUT2D eigenvalue weighted by atomic mass is 10.2. The van der Waals surface area contributed by atoms with Gasteiger partial charge >= 0.3 is 0 Å². The van der Waals surface area contributed by atoms with Crippen LogP contribution in [0.15, 0.2) is 18.3 Å². The quantitative estimate of drug-likeness (QED) is 0.812. The number of anilines is 1. The molecule has 90 valence electrons. The third-order valence-corrected chi connectivity index (χ3v) is 2.53. The van der Waals surface area contributed by atoms with E-state index in [1.165, 1.54) is 0 Å². The maximum absolute atomic E-state index is 9.49. The summed E-state index contributed by atoms with van der Waals surface area (Å²) in [5.74, 6) is 0.903. The van der Waals surface area contributed by atoms with Crippen molar-refractivity contribution in [2.24, 2.45) is 0 Å². The Kier molecular flexibility index (Phi) is 4.71. The van der Waals surface area contributed by atoms with Gasteiger partial charge in [0.2, 0.25) is 0 Å². The van der Waals surface area contributed by atoms with Gasteiger partial charge in [-0.1, -0.05) is 0 Å². The summed E-state index contributed by atoms with van der Waals surface area (Å²) in [6.07, 6.45) is 1.30. The first-order valence-corrected chi connectivity index (χ1v) is 5.50. The number of aromatic nitrogens is 1. The molecule has 0 bridgehead atoms. The zero-order chi connectivity index (χ0) is 12.1. The molecule has 16 heavy (non-hydrogen) atoms. The fraction of sp³-hybridized carbons (Fsp3) is 0.583. The van der Waals surface area contributed by atoms with Crippen molar-refractivity contribution < 1.29 is 5.11 Å². The minimum atomic E-state index is -0.441. The largest absolute Gasteiger partial charge is 0.389 e. The van der Waals surface area contributed by atoms with Gasteiger partial charge in [-0.25, -0.2) is 4.98 Å². The average Bonchev–Trinajstić information content (AvgIpc) is 2.26. The van der Waals surface area contributed by atoms with Crippen LogP contribution >= 0.6 is 0 Å². The normalized spacial score (nSPS) is 12.9. The molecule has 1 atom stereocenters. The van der Waals surface area contributed by atoms with Gasteiger partial charge in [-0.05, 0) is 38.7 Å². The van der Waals surface area contributed by atoms with Gasteiger partial charge in [0.15, 0.2) is 0 Å². The zero-order valence-corrected chi connectivity index (χ0v) is 10.5. The molecule has 0 spiro atoms. The molecule has 1 heterocycles. The number of aliphatic hydroxyl groups is 1. The van der Waals surface area contributed by atoms with Crippen molar-refractivity contribution >= 4 is 5.82 Å². The highest BCUT2D eigenvalue weighted by molar-refractivity contribution is 5.40. The van der Waals surface area contributed by atoms with Crippen LogP contribution in [0.5, 0.6) is 0 Å². The fourth-order valence-corrected chi connectivity index (χ4v) is 1.37. The average molecular weight is 223 g/mol. The van der Waals surface area contributed by atoms with Gasteiger partial charge in [0.05, 0.1) is 6.10 Å². The number of hydrogen-bond donors (Lipinski definition) is 1. The van der Waals surface area contributed by atoms with E-state index in [-0.39, 0.29) is 0 Å². The lowest BCUT2D eigenvalue weighted by molar-refractivity contribution is 0.199. The van der Waals surface area contributed by atoms with Crippen molar-refractivity contribution in [1.82, 2.24) is 9.88 Å². The van der Waals surface area contributed by atoms with E-state index < -0.39 is 6.10 Å². The van der Waals surface area contributed by atoms with E-state index in [1.54, 1.807) is 13.1 Å². The number of aliphatic hydroxyl groups excluding tert-OH is 1. The summed E-state index contributed by atoms with van der Waals surface area (Å²) >= 11 is 0. The molecule has 1 N–H and O–H groups in total. The highest BCUT2D eigenvalue weighted by Gasteiger charge is 2.06. The predicted molar refractivity (Wildman–Crippen MR) is 66.7 cm³/mol. The number of nitrogens with zero attached hydrogens (tertiary/aromatic N) is 3. The highest BCUT2D eigenvalue weighted by Crippen LogP contribution is 2.16. The monoisotopic (exact) mass is 223 g/mol. The van der Waals surface area contributed by atoms with Crippen molar-refractivity contribution in [3.63, 3.8) is 0 Å². The van der Waals surface area contributed by atoms with E-state index in [2.05, 4.69) is 14.8 Å². The number of pyridine rings is 1. The maximum atomic E-state index is 9.49. The topological polar surface area (TPSA) is 39.6 Å². The second-order valence-electron chi connectivity index (χ2n) is 4.35. The second kappa shape index (κ2) is 5.82. The Labute approximate surface area is 97.5 Å². The molecule has 4 heteroatoms. The summed E-state index contributed by atoms with van der Waals surface area (Å²) in [4.78, 5) is 8.52. The van der Waals surface area contributed by atoms with Gasteiger partial charge in [0, 0.05) is 26.3 Å². The molecule has 0 aromatic carbocycles. The summed E-state index contributed by atoms with van der Waals surface area (Å²) in [6, 6.07) is 3.77. The third-order valence-electron chi connectivity index (χ3n) is 2.53. The van der Waals surface area contributed by atoms with E-state index >= 15 is 0 Å². The SMILES string of the molecule is CC(O)c1ccnc(N(C)CCN(C)C)c1. The maximum Gasteiger partial charge on any atom is 0.128 e. The van der Waals surface area contributed by atoms with Gasteiger partial charge in [-0.15, -0.1) is 0 Å². The lowest BCUT2D eigenvalue weighted by Crippen LogP contribution is -2.29. The molecule has 0 saturated heterocycles. The third kappa shape index (κ3) is 3.79. The molecule has 0 aliphatic carbocycles. The summed E-state index contributed by atoms with van der Waals surface area (Å²) in [6.45, 7) is 3.67. The lowest BCUT2D eigenvalue weighted by Gasteiger charge is -2.21. The minimum absolute atomic E-state index is 0.441. The summed E-state index contributed by atoms with van der Waals surface area (Å²) < 4.78 is 0. The van der Waals surface area contributed by atoms with Gasteiger partial charge in [0.25, 0.3) is 0 Å². The molecule has 1 aromatic rings. The van der Waals surface area contributed by atoms with Crippen LogP contribution in [0.1, 0.15) is 18.6 Å². The predicted octanol–water partition coefficient (Wildman–Crippen LogP) is 1.13. The van der Waals surface area contributed by atoms with E-state index in [0.717, 1.165) is 24.5 Å². The minimum Gasteiger partial charge on any atom is -0.389 e. The molecule has 1 rings (SSSR count). The van der Waals surface area contributed by atoms with Crippen LogP contribution in [0.25, 0.3) is 0 Å².